The average Bonchev–Trinajstić information content (AvgIpc) is 2.25. The first-order valence-corrected chi connectivity index (χ1v) is 6.33. The van der Waals surface area contributed by atoms with Crippen molar-refractivity contribution in [2.45, 2.75) is 26.7 Å². The standard InChI is InChI=1S/C15H21NO/c1-11-6-12(2)8-13(7-11)10-16-14-4-3-5-15(17)9-14/h3-6,9,11,13,16-17H,7-8,10H2,1-2H3. The monoisotopic (exact) mass is 231 g/mol. The molecule has 0 aromatic heterocycles. The minimum atomic E-state index is 0.322. The number of benzene rings is 1. The lowest BCUT2D eigenvalue weighted by Gasteiger charge is -2.26. The zero-order valence-corrected chi connectivity index (χ0v) is 10.6. The number of allylic oxidation sites excluding steroid dienone is 2. The van der Waals surface area contributed by atoms with E-state index in [4.69, 9.17) is 0 Å². The minimum absolute atomic E-state index is 0.322. The Bertz CT molecular complexity index is 411. The fourth-order valence-corrected chi connectivity index (χ4v) is 2.72. The van der Waals surface area contributed by atoms with E-state index in [1.54, 1.807) is 12.1 Å². The molecule has 0 aliphatic heterocycles. The summed E-state index contributed by atoms with van der Waals surface area (Å²) in [5, 5.41) is 12.8. The zero-order chi connectivity index (χ0) is 12.3. The Morgan fingerprint density at radius 3 is 2.94 bits per heavy atom. The normalized spacial score (nSPS) is 24.2. The summed E-state index contributed by atoms with van der Waals surface area (Å²) in [6, 6.07) is 7.33. The van der Waals surface area contributed by atoms with E-state index < -0.39 is 0 Å². The Morgan fingerprint density at radius 1 is 1.41 bits per heavy atom. The quantitative estimate of drug-likeness (QED) is 0.776. The topological polar surface area (TPSA) is 32.3 Å². The van der Waals surface area contributed by atoms with Crippen molar-refractivity contribution in [3.63, 3.8) is 0 Å². The van der Waals surface area contributed by atoms with Crippen molar-refractivity contribution in [3.05, 3.63) is 35.9 Å². The summed E-state index contributed by atoms with van der Waals surface area (Å²) < 4.78 is 0. The van der Waals surface area contributed by atoms with E-state index in [1.165, 1.54) is 18.4 Å². The third-order valence-electron chi connectivity index (χ3n) is 3.33. The molecule has 2 rings (SSSR count). The number of aromatic hydroxyl groups is 1. The van der Waals surface area contributed by atoms with E-state index >= 15 is 0 Å². The summed E-state index contributed by atoms with van der Waals surface area (Å²) in [7, 11) is 0. The largest absolute Gasteiger partial charge is 0.508 e. The van der Waals surface area contributed by atoms with Crippen LogP contribution in [-0.4, -0.2) is 11.7 Å². The summed E-state index contributed by atoms with van der Waals surface area (Å²) in [6.07, 6.45) is 4.82. The van der Waals surface area contributed by atoms with Crippen LogP contribution in [0.25, 0.3) is 0 Å². The van der Waals surface area contributed by atoms with Crippen LogP contribution >= 0.6 is 0 Å². The second kappa shape index (κ2) is 5.26. The molecule has 2 atom stereocenters. The molecule has 0 amide bonds. The first kappa shape index (κ1) is 12.0. The van der Waals surface area contributed by atoms with Gasteiger partial charge in [0.15, 0.2) is 0 Å². The van der Waals surface area contributed by atoms with Crippen LogP contribution in [0.3, 0.4) is 0 Å². The maximum absolute atomic E-state index is 9.39. The SMILES string of the molecule is CC1=CC(C)CC(CNc2cccc(O)c2)C1. The molecule has 2 N–H and O–H groups in total. The number of phenols is 1. The molecule has 17 heavy (non-hydrogen) atoms. The number of anilines is 1. The van der Waals surface area contributed by atoms with E-state index in [0.717, 1.165) is 12.2 Å². The van der Waals surface area contributed by atoms with Gasteiger partial charge in [0.25, 0.3) is 0 Å². The van der Waals surface area contributed by atoms with E-state index in [1.807, 2.05) is 12.1 Å². The van der Waals surface area contributed by atoms with Gasteiger partial charge >= 0.3 is 0 Å². The first-order chi connectivity index (χ1) is 8.13. The fourth-order valence-electron chi connectivity index (χ4n) is 2.72. The summed E-state index contributed by atoms with van der Waals surface area (Å²) in [4.78, 5) is 0. The summed E-state index contributed by atoms with van der Waals surface area (Å²) >= 11 is 0. The highest BCUT2D eigenvalue weighted by atomic mass is 16.3. The van der Waals surface area contributed by atoms with Gasteiger partial charge in [-0.2, -0.15) is 0 Å². The van der Waals surface area contributed by atoms with E-state index in [9.17, 15) is 5.11 Å². The van der Waals surface area contributed by atoms with Crippen LogP contribution in [0.2, 0.25) is 0 Å². The Labute approximate surface area is 103 Å². The van der Waals surface area contributed by atoms with Gasteiger partial charge in [-0.25, -0.2) is 0 Å². The van der Waals surface area contributed by atoms with E-state index in [0.29, 0.717) is 17.6 Å². The second-order valence-corrected chi connectivity index (χ2v) is 5.23. The van der Waals surface area contributed by atoms with Gasteiger partial charge in [0, 0.05) is 18.3 Å². The molecule has 2 heteroatoms. The summed E-state index contributed by atoms with van der Waals surface area (Å²) in [5.41, 5.74) is 2.51. The molecule has 0 spiro atoms. The predicted octanol–water partition coefficient (Wildman–Crippen LogP) is 3.80. The van der Waals surface area contributed by atoms with Crippen LogP contribution in [0.1, 0.15) is 26.7 Å². The van der Waals surface area contributed by atoms with Crippen LogP contribution in [0, 0.1) is 11.8 Å². The van der Waals surface area contributed by atoms with Gasteiger partial charge < -0.3 is 10.4 Å². The van der Waals surface area contributed by atoms with Crippen molar-refractivity contribution in [2.24, 2.45) is 11.8 Å². The zero-order valence-electron chi connectivity index (χ0n) is 10.6. The molecular weight excluding hydrogens is 210 g/mol. The van der Waals surface area contributed by atoms with Gasteiger partial charge in [0.1, 0.15) is 5.75 Å². The molecule has 1 aromatic carbocycles. The molecule has 0 heterocycles. The molecule has 0 saturated carbocycles. The molecule has 1 aliphatic rings. The molecule has 0 saturated heterocycles. The third kappa shape index (κ3) is 3.52. The van der Waals surface area contributed by atoms with Crippen molar-refractivity contribution < 1.29 is 5.11 Å². The Balaban J connectivity index is 1.89. The maximum atomic E-state index is 9.39. The molecule has 92 valence electrons. The highest BCUT2D eigenvalue weighted by Gasteiger charge is 2.17. The smallest absolute Gasteiger partial charge is 0.117 e. The Kier molecular flexibility index (Phi) is 3.72. The van der Waals surface area contributed by atoms with Crippen LogP contribution in [-0.2, 0) is 0 Å². The molecule has 0 radical (unpaired) electrons. The molecular formula is C15H21NO. The number of rotatable bonds is 3. The van der Waals surface area contributed by atoms with Crippen molar-refractivity contribution in [1.29, 1.82) is 0 Å². The summed E-state index contributed by atoms with van der Waals surface area (Å²) in [6.45, 7) is 5.49. The number of hydrogen-bond donors (Lipinski definition) is 2. The summed E-state index contributed by atoms with van der Waals surface area (Å²) in [5.74, 6) is 1.72. The highest BCUT2D eigenvalue weighted by Crippen LogP contribution is 2.28. The van der Waals surface area contributed by atoms with Crippen molar-refractivity contribution in [2.75, 3.05) is 11.9 Å². The first-order valence-electron chi connectivity index (χ1n) is 6.33. The lowest BCUT2D eigenvalue weighted by atomic mass is 9.84. The van der Waals surface area contributed by atoms with Crippen molar-refractivity contribution in [3.8, 4) is 5.75 Å². The van der Waals surface area contributed by atoms with Crippen LogP contribution in [0.15, 0.2) is 35.9 Å². The fraction of sp³-hybridized carbons (Fsp3) is 0.467. The average molecular weight is 231 g/mol. The number of hydrogen-bond acceptors (Lipinski definition) is 2. The molecule has 1 aromatic rings. The van der Waals surface area contributed by atoms with E-state index in [2.05, 4.69) is 25.2 Å². The molecule has 2 nitrogen and oxygen atoms in total. The van der Waals surface area contributed by atoms with Gasteiger partial charge in [0.05, 0.1) is 0 Å². The lowest BCUT2D eigenvalue weighted by molar-refractivity contribution is 0.421. The maximum Gasteiger partial charge on any atom is 0.117 e. The minimum Gasteiger partial charge on any atom is -0.508 e. The highest BCUT2D eigenvalue weighted by molar-refractivity contribution is 5.47. The Hall–Kier alpha value is -1.44. The molecule has 0 fully saturated rings. The van der Waals surface area contributed by atoms with Crippen LogP contribution in [0.5, 0.6) is 5.75 Å². The van der Waals surface area contributed by atoms with Crippen molar-refractivity contribution >= 4 is 5.69 Å². The van der Waals surface area contributed by atoms with Gasteiger partial charge in [-0.1, -0.05) is 24.6 Å². The van der Waals surface area contributed by atoms with Gasteiger partial charge in [-0.15, -0.1) is 0 Å². The van der Waals surface area contributed by atoms with E-state index in [-0.39, 0.29) is 0 Å². The number of phenolic OH excluding ortho intramolecular Hbond substituents is 1. The molecule has 1 aliphatic carbocycles. The molecule has 0 bridgehead atoms. The van der Waals surface area contributed by atoms with Gasteiger partial charge in [0.2, 0.25) is 0 Å². The lowest BCUT2D eigenvalue weighted by Crippen LogP contribution is -2.20. The second-order valence-electron chi connectivity index (χ2n) is 5.23. The van der Waals surface area contributed by atoms with Gasteiger partial charge in [-0.3, -0.25) is 0 Å². The van der Waals surface area contributed by atoms with Gasteiger partial charge in [-0.05, 0) is 43.7 Å². The van der Waals surface area contributed by atoms with Crippen molar-refractivity contribution in [1.82, 2.24) is 0 Å². The third-order valence-corrected chi connectivity index (χ3v) is 3.33. The molecule has 2 unspecified atom stereocenters. The van der Waals surface area contributed by atoms with Crippen LogP contribution < -0.4 is 5.32 Å². The predicted molar refractivity (Wildman–Crippen MR) is 72.2 cm³/mol. The number of nitrogens with one attached hydrogen (secondary N) is 1. The van der Waals surface area contributed by atoms with Crippen LogP contribution in [0.4, 0.5) is 5.69 Å². The Morgan fingerprint density at radius 2 is 2.24 bits per heavy atom.